The van der Waals surface area contributed by atoms with Gasteiger partial charge in [0, 0.05) is 5.69 Å². The van der Waals surface area contributed by atoms with Crippen LogP contribution in [-0.4, -0.2) is 28.5 Å². The van der Waals surface area contributed by atoms with Crippen molar-refractivity contribution in [2.75, 3.05) is 11.9 Å². The first-order valence-corrected chi connectivity index (χ1v) is 10.9. The number of carbonyl (C=O) groups is 3. The molecular weight excluding hydrogens is 420 g/mol. The maximum Gasteiger partial charge on any atom is 0.294 e. The quantitative estimate of drug-likeness (QED) is 0.329. The Morgan fingerprint density at radius 1 is 0.844 bits per heavy atom. The van der Waals surface area contributed by atoms with E-state index in [1.807, 2.05) is 54.6 Å². The molecule has 6 heteroatoms. The van der Waals surface area contributed by atoms with Gasteiger partial charge < -0.3 is 5.32 Å². The Labute approximate surface area is 188 Å². The Kier molecular flexibility index (Phi) is 5.21. The van der Waals surface area contributed by atoms with E-state index >= 15 is 0 Å². The summed E-state index contributed by atoms with van der Waals surface area (Å²) < 4.78 is 0. The summed E-state index contributed by atoms with van der Waals surface area (Å²) in [6.45, 7) is -0.326. The number of amides is 3. The Hall–Kier alpha value is -3.90. The molecule has 1 N–H and O–H groups in total. The van der Waals surface area contributed by atoms with Crippen molar-refractivity contribution in [1.29, 1.82) is 0 Å². The van der Waals surface area contributed by atoms with E-state index in [9.17, 15) is 14.4 Å². The molecule has 0 aliphatic carbocycles. The highest BCUT2D eigenvalue weighted by molar-refractivity contribution is 8.18. The van der Waals surface area contributed by atoms with Gasteiger partial charge in [0.05, 0.1) is 4.91 Å². The van der Waals surface area contributed by atoms with Gasteiger partial charge in [-0.3, -0.25) is 19.3 Å². The van der Waals surface area contributed by atoms with Crippen LogP contribution in [0.2, 0.25) is 0 Å². The minimum absolute atomic E-state index is 0.309. The number of anilines is 1. The number of rotatable bonds is 4. The number of benzene rings is 4. The number of hydrogen-bond donors (Lipinski definition) is 1. The molecule has 4 aromatic rings. The molecule has 0 spiro atoms. The first-order valence-electron chi connectivity index (χ1n) is 10.1. The number of fused-ring (bicyclic) bond motifs is 2. The fourth-order valence-electron chi connectivity index (χ4n) is 3.84. The fourth-order valence-corrected chi connectivity index (χ4v) is 4.66. The van der Waals surface area contributed by atoms with Crippen molar-refractivity contribution in [2.45, 2.75) is 0 Å². The van der Waals surface area contributed by atoms with Crippen molar-refractivity contribution in [1.82, 2.24) is 4.90 Å². The van der Waals surface area contributed by atoms with Crippen LogP contribution in [0, 0.1) is 0 Å². The Balaban J connectivity index is 1.48. The third-order valence-electron chi connectivity index (χ3n) is 5.32. The summed E-state index contributed by atoms with van der Waals surface area (Å²) in [7, 11) is 0. The van der Waals surface area contributed by atoms with Crippen LogP contribution in [-0.2, 0) is 9.59 Å². The second-order valence-corrected chi connectivity index (χ2v) is 8.41. The Morgan fingerprint density at radius 2 is 1.44 bits per heavy atom. The summed E-state index contributed by atoms with van der Waals surface area (Å²) in [6.07, 6.45) is 1.77. The predicted octanol–water partition coefficient (Wildman–Crippen LogP) is 5.67. The Morgan fingerprint density at radius 3 is 2.09 bits per heavy atom. The summed E-state index contributed by atoms with van der Waals surface area (Å²) in [5, 5.41) is 6.37. The van der Waals surface area contributed by atoms with Gasteiger partial charge in [-0.25, -0.2) is 0 Å². The molecule has 5 nitrogen and oxygen atoms in total. The zero-order valence-electron chi connectivity index (χ0n) is 16.9. The lowest BCUT2D eigenvalue weighted by molar-refractivity contribution is -0.127. The van der Waals surface area contributed by atoms with Crippen LogP contribution >= 0.6 is 11.8 Å². The number of nitrogens with zero attached hydrogens (tertiary/aromatic N) is 1. The van der Waals surface area contributed by atoms with Crippen molar-refractivity contribution < 1.29 is 14.4 Å². The lowest BCUT2D eigenvalue weighted by atomic mass is 9.96. The first-order chi connectivity index (χ1) is 15.6. The molecule has 1 aliphatic rings. The third-order valence-corrected chi connectivity index (χ3v) is 6.23. The van der Waals surface area contributed by atoms with Crippen LogP contribution < -0.4 is 5.32 Å². The lowest BCUT2D eigenvalue weighted by Crippen LogP contribution is -2.36. The fraction of sp³-hybridized carbons (Fsp3) is 0.0385. The molecule has 0 atom stereocenters. The summed E-state index contributed by atoms with van der Waals surface area (Å²) in [6, 6.07) is 27.0. The smallest absolute Gasteiger partial charge is 0.294 e. The zero-order valence-corrected chi connectivity index (χ0v) is 17.8. The topological polar surface area (TPSA) is 66.5 Å². The molecule has 1 saturated heterocycles. The van der Waals surface area contributed by atoms with Crippen LogP contribution in [0.15, 0.2) is 89.8 Å². The van der Waals surface area contributed by atoms with Gasteiger partial charge in [0.1, 0.15) is 6.54 Å². The Bertz CT molecular complexity index is 1360. The molecule has 0 aromatic heterocycles. The summed E-state index contributed by atoms with van der Waals surface area (Å²) in [5.41, 5.74) is 1.50. The van der Waals surface area contributed by atoms with E-state index in [1.54, 1.807) is 30.3 Å². The van der Waals surface area contributed by atoms with Gasteiger partial charge in [0.25, 0.3) is 11.1 Å². The molecular formula is C26H18N2O3S. The second-order valence-electron chi connectivity index (χ2n) is 7.41. The molecule has 0 unspecified atom stereocenters. The first kappa shape index (κ1) is 20.0. The molecule has 0 saturated carbocycles. The molecule has 0 bridgehead atoms. The summed E-state index contributed by atoms with van der Waals surface area (Å²) in [5.74, 6) is -0.879. The molecule has 32 heavy (non-hydrogen) atoms. The van der Waals surface area contributed by atoms with Crippen molar-refractivity contribution in [3.05, 3.63) is 95.4 Å². The average molecular weight is 439 g/mol. The minimum atomic E-state index is -0.458. The van der Waals surface area contributed by atoms with Gasteiger partial charge in [-0.2, -0.15) is 0 Å². The standard InChI is InChI=1S/C26H18N2O3S/c29-24(27-19-10-2-1-3-11-19)16-28-25(30)23(32-26(28)31)15-22-20-12-6-4-8-17(20)14-18-9-5-7-13-21(18)22/h1-15H,16H2,(H,27,29)/b23-15-. The lowest BCUT2D eigenvalue weighted by Gasteiger charge is -2.12. The number of para-hydroxylation sites is 1. The molecule has 156 valence electrons. The SMILES string of the molecule is O=C(CN1C(=O)S/C(=C\c2c3ccccc3cc3ccccc23)C1=O)Nc1ccccc1. The highest BCUT2D eigenvalue weighted by Gasteiger charge is 2.36. The third kappa shape index (κ3) is 3.76. The van der Waals surface area contributed by atoms with Crippen LogP contribution in [0.3, 0.4) is 0 Å². The van der Waals surface area contributed by atoms with E-state index in [4.69, 9.17) is 0 Å². The van der Waals surface area contributed by atoms with E-state index < -0.39 is 17.1 Å². The van der Waals surface area contributed by atoms with Gasteiger partial charge in [0.15, 0.2) is 0 Å². The van der Waals surface area contributed by atoms with Crippen molar-refractivity contribution >= 4 is 62.1 Å². The molecule has 1 fully saturated rings. The van der Waals surface area contributed by atoms with Crippen LogP contribution in [0.1, 0.15) is 5.56 Å². The monoisotopic (exact) mass is 438 g/mol. The van der Waals surface area contributed by atoms with E-state index in [2.05, 4.69) is 11.4 Å². The number of hydrogen-bond acceptors (Lipinski definition) is 4. The zero-order chi connectivity index (χ0) is 22.1. The summed E-state index contributed by atoms with van der Waals surface area (Å²) in [4.78, 5) is 39.2. The average Bonchev–Trinajstić information content (AvgIpc) is 3.07. The molecule has 3 amide bonds. The molecule has 0 radical (unpaired) electrons. The molecule has 1 heterocycles. The van der Waals surface area contributed by atoms with Crippen molar-refractivity contribution in [3.8, 4) is 0 Å². The molecule has 4 aromatic carbocycles. The number of carbonyl (C=O) groups excluding carboxylic acids is 3. The molecule has 1 aliphatic heterocycles. The minimum Gasteiger partial charge on any atom is -0.325 e. The van der Waals surface area contributed by atoms with E-state index in [-0.39, 0.29) is 6.54 Å². The van der Waals surface area contributed by atoms with Crippen LogP contribution in [0.5, 0.6) is 0 Å². The van der Waals surface area contributed by atoms with Gasteiger partial charge in [-0.15, -0.1) is 0 Å². The summed E-state index contributed by atoms with van der Waals surface area (Å²) >= 11 is 0.861. The highest BCUT2D eigenvalue weighted by Crippen LogP contribution is 2.36. The van der Waals surface area contributed by atoms with Crippen molar-refractivity contribution in [2.24, 2.45) is 0 Å². The largest absolute Gasteiger partial charge is 0.325 e. The van der Waals surface area contributed by atoms with Gasteiger partial charge in [0.2, 0.25) is 5.91 Å². The maximum absolute atomic E-state index is 13.0. The van der Waals surface area contributed by atoms with Gasteiger partial charge >= 0.3 is 0 Å². The molecule has 5 rings (SSSR count). The normalized spacial score (nSPS) is 15.1. The maximum atomic E-state index is 13.0. The van der Waals surface area contributed by atoms with Gasteiger partial charge in [-0.05, 0) is 63.1 Å². The second kappa shape index (κ2) is 8.32. The van der Waals surface area contributed by atoms with Crippen molar-refractivity contribution in [3.63, 3.8) is 0 Å². The highest BCUT2D eigenvalue weighted by atomic mass is 32.2. The van der Waals surface area contributed by atoms with E-state index in [0.29, 0.717) is 10.6 Å². The van der Waals surface area contributed by atoms with E-state index in [0.717, 1.165) is 43.8 Å². The number of nitrogens with one attached hydrogen (secondary N) is 1. The van der Waals surface area contributed by atoms with Crippen LogP contribution in [0.25, 0.3) is 27.6 Å². The number of imide groups is 1. The van der Waals surface area contributed by atoms with Crippen LogP contribution in [0.4, 0.5) is 10.5 Å². The van der Waals surface area contributed by atoms with E-state index in [1.165, 1.54) is 0 Å². The van der Waals surface area contributed by atoms with Gasteiger partial charge in [-0.1, -0.05) is 66.7 Å². The predicted molar refractivity (Wildman–Crippen MR) is 129 cm³/mol. The number of thioether (sulfide) groups is 1.